The van der Waals surface area contributed by atoms with Gasteiger partial charge in [0.2, 0.25) is 0 Å². The topological polar surface area (TPSA) is 132 Å². The van der Waals surface area contributed by atoms with E-state index >= 15 is 0 Å². The number of carbonyl (C=O) groups is 1. The van der Waals surface area contributed by atoms with Gasteiger partial charge in [-0.25, -0.2) is 4.57 Å². The van der Waals surface area contributed by atoms with Gasteiger partial charge in [-0.05, 0) is 44.3 Å². The van der Waals surface area contributed by atoms with Crippen molar-refractivity contribution in [2.24, 2.45) is 5.92 Å². The molecule has 2 aromatic rings. The molecule has 3 N–H and O–H groups in total. The molecule has 1 aromatic carbocycles. The summed E-state index contributed by atoms with van der Waals surface area (Å²) in [4.78, 5) is 15.2. The van der Waals surface area contributed by atoms with E-state index in [1.54, 1.807) is 44.2 Å². The summed E-state index contributed by atoms with van der Waals surface area (Å²) >= 11 is 10.3. The summed E-state index contributed by atoms with van der Waals surface area (Å²) in [6, 6.07) is 9.79. The minimum absolute atomic E-state index is 0.132. The zero-order valence-electron chi connectivity index (χ0n) is 20.5. The van der Waals surface area contributed by atoms with E-state index in [9.17, 15) is 19.6 Å². The average Bonchev–Trinajstić information content (AvgIpc) is 3.08. The first-order valence-corrected chi connectivity index (χ1v) is 14.0. The molecular formula is C24H29N2O8PS2. The van der Waals surface area contributed by atoms with Crippen molar-refractivity contribution in [3.63, 3.8) is 0 Å². The van der Waals surface area contributed by atoms with Gasteiger partial charge in [0.15, 0.2) is 16.6 Å². The number of aromatic nitrogens is 2. The summed E-state index contributed by atoms with van der Waals surface area (Å²) < 4.78 is 38.2. The van der Waals surface area contributed by atoms with Crippen LogP contribution in [-0.4, -0.2) is 62.4 Å². The van der Waals surface area contributed by atoms with E-state index in [1.807, 2.05) is 0 Å². The molecule has 2 unspecified atom stereocenters. The van der Waals surface area contributed by atoms with Crippen molar-refractivity contribution in [1.82, 2.24) is 9.55 Å². The maximum atomic E-state index is 13.9. The first-order chi connectivity index (χ1) is 17.4. The number of aromatic amines is 1. The predicted octanol–water partition coefficient (Wildman–Crippen LogP) is 3.77. The number of terminal acetylenes is 1. The van der Waals surface area contributed by atoms with Gasteiger partial charge in [0.1, 0.15) is 29.2 Å². The number of hydrogen-bond acceptors (Lipinski definition) is 10. The summed E-state index contributed by atoms with van der Waals surface area (Å²) in [5, 5.41) is 21.6. The third-order valence-corrected chi connectivity index (χ3v) is 8.07. The van der Waals surface area contributed by atoms with Crippen molar-refractivity contribution < 1.29 is 38.1 Å². The highest BCUT2D eigenvalue weighted by Crippen LogP contribution is 2.52. The van der Waals surface area contributed by atoms with E-state index in [1.165, 1.54) is 23.8 Å². The van der Waals surface area contributed by atoms with Crippen LogP contribution in [0, 0.1) is 27.7 Å². The molecule has 1 aromatic heterocycles. The molecule has 0 bridgehead atoms. The Bertz CT molecular complexity index is 1310. The van der Waals surface area contributed by atoms with E-state index in [0.717, 1.165) is 0 Å². The van der Waals surface area contributed by atoms with Gasteiger partial charge in [-0.2, -0.15) is 0 Å². The van der Waals surface area contributed by atoms with Crippen LogP contribution in [0.4, 0.5) is 0 Å². The second-order valence-corrected chi connectivity index (χ2v) is 11.7. The van der Waals surface area contributed by atoms with E-state index < -0.39 is 50.1 Å². The number of para-hydroxylation sites is 1. The van der Waals surface area contributed by atoms with Crippen LogP contribution in [-0.2, 0) is 23.4 Å². The number of H-pyrrole nitrogens is 1. The Balaban J connectivity index is 1.87. The third-order valence-electron chi connectivity index (χ3n) is 5.51. The van der Waals surface area contributed by atoms with Crippen LogP contribution in [0.1, 0.15) is 27.0 Å². The standard InChI is InChI=1S/C24H29N2O8PS2/c1-5-24(20(28)19(27)21(33-24)26-12-11-18(36)25-23(26)37)14-31-35(30,34-17-9-7-6-8-10-17)13-16(4)22(29)32-15(2)3/h1,6-12,15-16,19-21,27-28H,13-14H2,2-4H3,(H,25,36,37)/t16-,19?,20-,21-,24-,35?/m1/s1. The lowest BCUT2D eigenvalue weighted by molar-refractivity contribution is -0.151. The minimum Gasteiger partial charge on any atom is -0.463 e. The molecule has 0 aliphatic carbocycles. The lowest BCUT2D eigenvalue weighted by Crippen LogP contribution is -2.45. The Hall–Kier alpha value is -2.36. The van der Waals surface area contributed by atoms with Gasteiger partial charge in [-0.3, -0.25) is 13.9 Å². The molecule has 1 aliphatic heterocycles. The molecule has 0 radical (unpaired) electrons. The molecule has 1 aliphatic rings. The summed E-state index contributed by atoms with van der Waals surface area (Å²) in [6.07, 6.45) is 2.16. The van der Waals surface area contributed by atoms with Crippen molar-refractivity contribution in [2.75, 3.05) is 12.8 Å². The van der Waals surface area contributed by atoms with Gasteiger partial charge in [0, 0.05) is 6.20 Å². The second-order valence-electron chi connectivity index (χ2n) is 8.85. The first kappa shape index (κ1) is 29.2. The lowest BCUT2D eigenvalue weighted by atomic mass is 9.97. The molecule has 13 heteroatoms. The number of benzene rings is 1. The molecule has 2 heterocycles. The third kappa shape index (κ3) is 6.94. The van der Waals surface area contributed by atoms with Crippen LogP contribution in [0.15, 0.2) is 42.6 Å². The highest BCUT2D eigenvalue weighted by atomic mass is 32.1. The van der Waals surface area contributed by atoms with Gasteiger partial charge in [0.05, 0.1) is 18.2 Å². The Morgan fingerprint density at radius 2 is 1.95 bits per heavy atom. The number of aliphatic hydroxyl groups excluding tert-OH is 2. The number of aliphatic hydroxyl groups is 2. The van der Waals surface area contributed by atoms with E-state index in [-0.39, 0.29) is 22.8 Å². The maximum absolute atomic E-state index is 13.9. The Morgan fingerprint density at radius 3 is 2.54 bits per heavy atom. The second kappa shape index (κ2) is 12.0. The molecule has 6 atom stereocenters. The number of nitrogens with zero attached hydrogens (tertiary/aromatic N) is 1. The van der Waals surface area contributed by atoms with Gasteiger partial charge in [-0.1, -0.05) is 43.3 Å². The van der Waals surface area contributed by atoms with Crippen LogP contribution in [0.2, 0.25) is 0 Å². The van der Waals surface area contributed by atoms with E-state index in [2.05, 4.69) is 10.9 Å². The highest BCUT2D eigenvalue weighted by Gasteiger charge is 2.55. The lowest BCUT2D eigenvalue weighted by Gasteiger charge is -2.29. The van der Waals surface area contributed by atoms with Gasteiger partial charge in [0.25, 0.3) is 0 Å². The molecule has 1 fully saturated rings. The molecule has 37 heavy (non-hydrogen) atoms. The molecule has 200 valence electrons. The SMILES string of the molecule is C#C[C@]1(COP(=O)(C[C@@H](C)C(=O)OC(C)C)Oc2ccccc2)O[C@@H](n2ccc(=S)[nH]c2=S)C(O)[C@H]1O. The molecule has 3 rings (SSSR count). The molecule has 0 spiro atoms. The monoisotopic (exact) mass is 568 g/mol. The molecule has 10 nitrogen and oxygen atoms in total. The molecule has 1 saturated heterocycles. The van der Waals surface area contributed by atoms with Crippen molar-refractivity contribution in [1.29, 1.82) is 0 Å². The summed E-state index contributed by atoms with van der Waals surface area (Å²) in [5.74, 6) is 1.13. The predicted molar refractivity (Wildman–Crippen MR) is 140 cm³/mol. The zero-order valence-corrected chi connectivity index (χ0v) is 23.0. The van der Waals surface area contributed by atoms with E-state index in [0.29, 0.717) is 4.64 Å². The Labute approximate surface area is 225 Å². The van der Waals surface area contributed by atoms with Crippen molar-refractivity contribution >= 4 is 38.0 Å². The Kier molecular flexibility index (Phi) is 9.47. The largest absolute Gasteiger partial charge is 0.463 e. The smallest absolute Gasteiger partial charge is 0.380 e. The molecular weight excluding hydrogens is 539 g/mol. The normalized spacial score (nSPS) is 25.7. The maximum Gasteiger partial charge on any atom is 0.380 e. The average molecular weight is 569 g/mol. The van der Waals surface area contributed by atoms with Gasteiger partial charge >= 0.3 is 13.6 Å². The molecule has 0 amide bonds. The van der Waals surface area contributed by atoms with Gasteiger partial charge in [-0.15, -0.1) is 6.42 Å². The first-order valence-electron chi connectivity index (χ1n) is 11.4. The van der Waals surface area contributed by atoms with E-state index in [4.69, 9.17) is 49.4 Å². The fraction of sp³-hybridized carbons (Fsp3) is 0.458. The molecule has 0 saturated carbocycles. The van der Waals surface area contributed by atoms with Gasteiger partial charge < -0.3 is 29.2 Å². The number of ether oxygens (including phenoxy) is 2. The van der Waals surface area contributed by atoms with Crippen molar-refractivity contribution in [3.8, 4) is 18.1 Å². The minimum atomic E-state index is -4.07. The van der Waals surface area contributed by atoms with Crippen LogP contribution >= 0.6 is 32.0 Å². The summed E-state index contributed by atoms with van der Waals surface area (Å²) in [5.41, 5.74) is -1.91. The zero-order chi connectivity index (χ0) is 27.4. The number of nitrogens with one attached hydrogen (secondary N) is 1. The highest BCUT2D eigenvalue weighted by molar-refractivity contribution is 7.72. The fourth-order valence-electron chi connectivity index (χ4n) is 3.63. The van der Waals surface area contributed by atoms with Crippen LogP contribution < -0.4 is 4.52 Å². The van der Waals surface area contributed by atoms with Crippen LogP contribution in [0.5, 0.6) is 5.75 Å². The summed E-state index contributed by atoms with van der Waals surface area (Å²) in [6.45, 7) is 4.31. The Morgan fingerprint density at radius 1 is 1.27 bits per heavy atom. The van der Waals surface area contributed by atoms with Crippen LogP contribution in [0.3, 0.4) is 0 Å². The quantitative estimate of drug-likeness (QED) is 0.168. The van der Waals surface area contributed by atoms with Crippen molar-refractivity contribution in [2.45, 2.75) is 50.9 Å². The summed E-state index contributed by atoms with van der Waals surface area (Å²) in [7, 11) is -4.07. The van der Waals surface area contributed by atoms with Crippen LogP contribution in [0.25, 0.3) is 0 Å². The number of hydrogen-bond donors (Lipinski definition) is 3. The van der Waals surface area contributed by atoms with Crippen molar-refractivity contribution in [3.05, 3.63) is 52.0 Å². The number of rotatable bonds is 10. The fourth-order valence-corrected chi connectivity index (χ4v) is 6.01. The number of esters is 1. The number of carbonyl (C=O) groups excluding carboxylic acids is 1.